The van der Waals surface area contributed by atoms with Crippen molar-refractivity contribution in [2.24, 2.45) is 5.92 Å². The summed E-state index contributed by atoms with van der Waals surface area (Å²) in [7, 11) is 0. The first-order valence-corrected chi connectivity index (χ1v) is 10.2. The molecule has 0 saturated carbocycles. The number of benzene rings is 2. The second kappa shape index (κ2) is 9.48. The normalized spacial score (nSPS) is 18.8. The Morgan fingerprint density at radius 1 is 1.18 bits per heavy atom. The van der Waals surface area contributed by atoms with E-state index in [0.717, 1.165) is 5.56 Å². The van der Waals surface area contributed by atoms with Crippen LogP contribution in [0.1, 0.15) is 31.1 Å². The Kier molecular flexibility index (Phi) is 7.02. The molecule has 1 aliphatic heterocycles. The third kappa shape index (κ3) is 4.70. The van der Waals surface area contributed by atoms with Crippen LogP contribution in [-0.4, -0.2) is 55.0 Å². The molecule has 1 saturated heterocycles. The Morgan fingerprint density at radius 3 is 2.39 bits per heavy atom. The van der Waals surface area contributed by atoms with E-state index in [2.05, 4.69) is 15.6 Å². The number of hydrogen-bond acceptors (Lipinski definition) is 4. The van der Waals surface area contributed by atoms with Crippen molar-refractivity contribution in [1.82, 2.24) is 4.90 Å². The van der Waals surface area contributed by atoms with E-state index < -0.39 is 12.2 Å². The van der Waals surface area contributed by atoms with Crippen molar-refractivity contribution in [3.63, 3.8) is 0 Å². The maximum absolute atomic E-state index is 13.4. The number of hydrogen-bond donors (Lipinski definition) is 1. The van der Waals surface area contributed by atoms with Crippen LogP contribution in [0, 0.1) is 5.92 Å². The van der Waals surface area contributed by atoms with Crippen LogP contribution in [0.25, 0.3) is 0 Å². The Morgan fingerprint density at radius 2 is 1.79 bits per heavy atom. The van der Waals surface area contributed by atoms with Gasteiger partial charge in [-0.15, -0.1) is 0 Å². The van der Waals surface area contributed by atoms with E-state index >= 15 is 0 Å². The van der Waals surface area contributed by atoms with Crippen LogP contribution in [-0.2, 0) is 20.9 Å². The predicted molar refractivity (Wildman–Crippen MR) is 109 cm³/mol. The topological polar surface area (TPSA) is 59.0 Å². The molecule has 1 aliphatic rings. The van der Waals surface area contributed by atoms with Gasteiger partial charge in [-0.05, 0) is 0 Å². The van der Waals surface area contributed by atoms with Crippen molar-refractivity contribution in [3.8, 4) is 0 Å². The zero-order valence-electron chi connectivity index (χ0n) is 16.0. The monoisotopic (exact) mass is 447 g/mol. The van der Waals surface area contributed by atoms with E-state index in [0.29, 0.717) is 16.9 Å². The molecule has 0 aromatic heterocycles. The summed E-state index contributed by atoms with van der Waals surface area (Å²) in [4.78, 5) is 15.0. The number of rotatable bonds is 7. The van der Waals surface area contributed by atoms with Gasteiger partial charge in [-0.1, -0.05) is 0 Å². The molecule has 2 aromatic rings. The predicted octanol–water partition coefficient (Wildman–Crippen LogP) is 2.44. The van der Waals surface area contributed by atoms with Crippen LogP contribution >= 0.6 is 0 Å². The van der Waals surface area contributed by atoms with Crippen LogP contribution in [0.5, 0.6) is 0 Å². The van der Waals surface area contributed by atoms with Gasteiger partial charge >= 0.3 is 174 Å². The second-order valence-corrected chi connectivity index (χ2v) is 7.90. The van der Waals surface area contributed by atoms with Gasteiger partial charge in [0.15, 0.2) is 0 Å². The van der Waals surface area contributed by atoms with Gasteiger partial charge in [-0.3, -0.25) is 0 Å². The molecule has 3 atom stereocenters. The summed E-state index contributed by atoms with van der Waals surface area (Å²) in [5, 5.41) is 11.0. The van der Waals surface area contributed by atoms with Gasteiger partial charge in [0.2, 0.25) is 0 Å². The van der Waals surface area contributed by atoms with E-state index in [1.54, 1.807) is 17.0 Å². The minimum atomic E-state index is -1.08. The number of amides is 1. The first-order valence-electron chi connectivity index (χ1n) is 9.37. The molecule has 0 radical (unpaired) electrons. The van der Waals surface area contributed by atoms with Crippen molar-refractivity contribution < 1.29 is 19.4 Å². The molecule has 28 heavy (non-hydrogen) atoms. The molecular formula is C22H25NO4Se. The third-order valence-electron chi connectivity index (χ3n) is 4.86. The number of aliphatic hydroxyl groups excluding tert-OH is 1. The summed E-state index contributed by atoms with van der Waals surface area (Å²) in [6, 6.07) is 18.6. The molecule has 3 rings (SSSR count). The standard InChI is InChI=1S/C22H25NO4Se/c1-15(2)18-14-27-22(28)23(18)21(25)20(19(24)17-11-7-4-8-12-17)26-13-16-9-5-3-6-10-16/h3-12,15,18-20,24H,13-14H2,1-2H3/t18-,19+,20-/m1/s1. The van der Waals surface area contributed by atoms with Gasteiger partial charge in [0.25, 0.3) is 0 Å². The van der Waals surface area contributed by atoms with Crippen LogP contribution in [0.3, 0.4) is 0 Å². The zero-order valence-corrected chi connectivity index (χ0v) is 17.7. The quantitative estimate of drug-likeness (QED) is 0.664. The van der Waals surface area contributed by atoms with Crippen LogP contribution in [0.15, 0.2) is 60.7 Å². The molecular weight excluding hydrogens is 421 g/mol. The number of carbonyl (C=O) groups is 1. The Balaban J connectivity index is 1.86. The maximum atomic E-state index is 13.4. The van der Waals surface area contributed by atoms with Crippen molar-refractivity contribution >= 4 is 26.2 Å². The molecule has 0 bridgehead atoms. The summed E-state index contributed by atoms with van der Waals surface area (Å²) in [6.07, 6.45) is -2.13. The van der Waals surface area contributed by atoms with Crippen molar-refractivity contribution in [3.05, 3.63) is 71.8 Å². The van der Waals surface area contributed by atoms with Crippen LogP contribution in [0.4, 0.5) is 0 Å². The Labute approximate surface area is 173 Å². The zero-order chi connectivity index (χ0) is 20.1. The van der Waals surface area contributed by atoms with Gasteiger partial charge in [0.1, 0.15) is 0 Å². The van der Waals surface area contributed by atoms with Gasteiger partial charge < -0.3 is 0 Å². The fourth-order valence-electron chi connectivity index (χ4n) is 3.20. The molecule has 1 N–H and O–H groups in total. The summed E-state index contributed by atoms with van der Waals surface area (Å²) >= 11 is 2.82. The van der Waals surface area contributed by atoms with E-state index in [1.165, 1.54) is 0 Å². The molecule has 1 heterocycles. The number of ether oxygens (including phenoxy) is 2. The Bertz CT molecular complexity index is 797. The van der Waals surface area contributed by atoms with Crippen molar-refractivity contribution in [1.29, 1.82) is 0 Å². The first kappa shape index (κ1) is 20.7. The van der Waals surface area contributed by atoms with E-state index in [-0.39, 0.29) is 24.5 Å². The summed E-state index contributed by atoms with van der Waals surface area (Å²) in [6.45, 7) is 4.74. The fraction of sp³-hybridized carbons (Fsp3) is 0.364. The number of aliphatic hydroxyl groups is 1. The second-order valence-electron chi connectivity index (χ2n) is 7.17. The summed E-state index contributed by atoms with van der Waals surface area (Å²) in [5.41, 5.74) is 1.57. The average Bonchev–Trinajstić information content (AvgIpc) is 3.11. The Hall–Kier alpha value is -1.98. The van der Waals surface area contributed by atoms with Gasteiger partial charge in [-0.25, -0.2) is 0 Å². The van der Waals surface area contributed by atoms with Crippen molar-refractivity contribution in [2.75, 3.05) is 6.61 Å². The van der Waals surface area contributed by atoms with E-state index in [4.69, 9.17) is 9.47 Å². The summed E-state index contributed by atoms with van der Waals surface area (Å²) < 4.78 is 12.0. The average molecular weight is 446 g/mol. The molecule has 0 aliphatic carbocycles. The number of carbonyl (C=O) groups excluding carboxylic acids is 1. The molecule has 6 heteroatoms. The first-order chi connectivity index (χ1) is 13.5. The molecule has 5 nitrogen and oxygen atoms in total. The van der Waals surface area contributed by atoms with E-state index in [1.807, 2.05) is 62.4 Å². The molecule has 148 valence electrons. The SMILES string of the molecule is CC(C)[C@H]1COC(=[Se])N1C(=O)[C@H](OCc1ccccc1)[C@@H](O)c1ccccc1. The van der Waals surface area contributed by atoms with Crippen LogP contribution < -0.4 is 0 Å². The fourth-order valence-corrected chi connectivity index (χ4v) is 3.82. The van der Waals surface area contributed by atoms with Crippen LogP contribution in [0.2, 0.25) is 0 Å². The van der Waals surface area contributed by atoms with Gasteiger partial charge in [0.05, 0.1) is 0 Å². The molecule has 2 aromatic carbocycles. The minimum absolute atomic E-state index is 0.102. The van der Waals surface area contributed by atoms with Crippen molar-refractivity contribution in [2.45, 2.75) is 38.7 Å². The van der Waals surface area contributed by atoms with Gasteiger partial charge in [-0.2, -0.15) is 0 Å². The molecule has 1 amide bonds. The third-order valence-corrected chi connectivity index (χ3v) is 5.52. The molecule has 0 spiro atoms. The van der Waals surface area contributed by atoms with Gasteiger partial charge in [0, 0.05) is 0 Å². The summed E-state index contributed by atoms with van der Waals surface area (Å²) in [5.74, 6) is -0.101. The molecule has 0 unspecified atom stereocenters. The molecule has 1 fully saturated rings. The van der Waals surface area contributed by atoms with E-state index in [9.17, 15) is 9.90 Å². The number of nitrogens with zero attached hydrogens (tertiary/aromatic N) is 1.